The standard InChI is InChI=1S/C27H46O2/c1-17(2)7-6-8-18(3)21-9-10-22-20-15-24-27(29-24)16-19(28)11-14-26(27,5)23(20)12-13-25(21,22)4/h17-24,28H,6-16H2,1-5H3/t18-,19-,20+,21?,22?,23-,24?,25+,26+,27+/m0/s1. The van der Waals surface area contributed by atoms with Crippen molar-refractivity contribution in [2.75, 3.05) is 0 Å². The van der Waals surface area contributed by atoms with Crippen LogP contribution in [0.25, 0.3) is 0 Å². The van der Waals surface area contributed by atoms with Crippen LogP contribution in [0.4, 0.5) is 0 Å². The third-order valence-electron chi connectivity index (χ3n) is 11.3. The third-order valence-corrected chi connectivity index (χ3v) is 11.3. The normalized spacial score (nSPS) is 54.3. The predicted molar refractivity (Wildman–Crippen MR) is 119 cm³/mol. The fraction of sp³-hybridized carbons (Fsp3) is 1.00. The maximum absolute atomic E-state index is 10.4. The first-order valence-electron chi connectivity index (χ1n) is 13.1. The summed E-state index contributed by atoms with van der Waals surface area (Å²) in [6, 6.07) is 0. The van der Waals surface area contributed by atoms with E-state index < -0.39 is 0 Å². The van der Waals surface area contributed by atoms with E-state index in [1.807, 2.05) is 0 Å². The van der Waals surface area contributed by atoms with Crippen LogP contribution in [0.2, 0.25) is 0 Å². The highest BCUT2D eigenvalue weighted by molar-refractivity contribution is 5.24. The number of fused-ring (bicyclic) bond motifs is 4. The Labute approximate surface area is 179 Å². The summed E-state index contributed by atoms with van der Waals surface area (Å²) in [5, 5.41) is 10.4. The lowest BCUT2D eigenvalue weighted by Gasteiger charge is -2.59. The summed E-state index contributed by atoms with van der Waals surface area (Å²) in [7, 11) is 0. The van der Waals surface area contributed by atoms with Gasteiger partial charge in [0, 0.05) is 11.8 Å². The minimum atomic E-state index is -0.124. The third kappa shape index (κ3) is 2.94. The van der Waals surface area contributed by atoms with Gasteiger partial charge in [-0.1, -0.05) is 53.9 Å². The summed E-state index contributed by atoms with van der Waals surface area (Å²) in [5.74, 6) is 5.31. The zero-order valence-electron chi connectivity index (χ0n) is 19.8. The Bertz CT molecular complexity index is 630. The number of hydrogen-bond acceptors (Lipinski definition) is 2. The lowest BCUT2D eigenvalue weighted by atomic mass is 9.44. The monoisotopic (exact) mass is 402 g/mol. The van der Waals surface area contributed by atoms with Gasteiger partial charge in [-0.2, -0.15) is 0 Å². The quantitative estimate of drug-likeness (QED) is 0.525. The summed E-state index contributed by atoms with van der Waals surface area (Å²) in [6.07, 6.45) is 14.8. The summed E-state index contributed by atoms with van der Waals surface area (Å²) >= 11 is 0. The molecule has 2 nitrogen and oxygen atoms in total. The van der Waals surface area contributed by atoms with Gasteiger partial charge in [-0.25, -0.2) is 0 Å². The molecule has 1 heterocycles. The Morgan fingerprint density at radius 3 is 2.52 bits per heavy atom. The second-order valence-corrected chi connectivity index (χ2v) is 13.0. The van der Waals surface area contributed by atoms with Crippen LogP contribution in [-0.4, -0.2) is 22.9 Å². The number of aliphatic hydroxyl groups excluding tert-OH is 1. The Morgan fingerprint density at radius 2 is 1.76 bits per heavy atom. The van der Waals surface area contributed by atoms with Crippen LogP contribution in [0.1, 0.15) is 105 Å². The lowest BCUT2D eigenvalue weighted by molar-refractivity contribution is -0.116. The Balaban J connectivity index is 1.33. The Morgan fingerprint density at radius 1 is 0.966 bits per heavy atom. The zero-order chi connectivity index (χ0) is 20.6. The van der Waals surface area contributed by atoms with Crippen molar-refractivity contribution >= 4 is 0 Å². The van der Waals surface area contributed by atoms with Gasteiger partial charge < -0.3 is 9.84 Å². The molecular formula is C27H46O2. The highest BCUT2D eigenvalue weighted by atomic mass is 16.6. The molecule has 0 aromatic carbocycles. The minimum Gasteiger partial charge on any atom is -0.393 e. The van der Waals surface area contributed by atoms with Gasteiger partial charge in [0.15, 0.2) is 0 Å². The van der Waals surface area contributed by atoms with E-state index in [-0.39, 0.29) is 11.7 Å². The van der Waals surface area contributed by atoms with Crippen LogP contribution in [0, 0.1) is 46.3 Å². The van der Waals surface area contributed by atoms with Crippen LogP contribution in [0.15, 0.2) is 0 Å². The first kappa shape index (κ1) is 20.8. The van der Waals surface area contributed by atoms with Crippen LogP contribution in [0.5, 0.6) is 0 Å². The molecule has 5 fully saturated rings. The van der Waals surface area contributed by atoms with Gasteiger partial charge in [0.1, 0.15) is 5.60 Å². The number of rotatable bonds is 5. The highest BCUT2D eigenvalue weighted by Gasteiger charge is 2.76. The van der Waals surface area contributed by atoms with Gasteiger partial charge in [-0.15, -0.1) is 0 Å². The van der Waals surface area contributed by atoms with Gasteiger partial charge in [0.25, 0.3) is 0 Å². The van der Waals surface area contributed by atoms with Gasteiger partial charge in [-0.3, -0.25) is 0 Å². The Kier molecular flexibility index (Phi) is 4.99. The van der Waals surface area contributed by atoms with Crippen molar-refractivity contribution < 1.29 is 9.84 Å². The molecule has 1 spiro atoms. The zero-order valence-corrected chi connectivity index (χ0v) is 19.8. The second-order valence-electron chi connectivity index (χ2n) is 13.0. The second kappa shape index (κ2) is 6.96. The molecule has 5 aliphatic rings. The van der Waals surface area contributed by atoms with E-state index in [0.29, 0.717) is 16.9 Å². The molecule has 0 aromatic rings. The van der Waals surface area contributed by atoms with E-state index in [0.717, 1.165) is 48.3 Å². The highest BCUT2D eigenvalue weighted by Crippen LogP contribution is 2.74. The SMILES string of the molecule is CC(C)CCC[C@H](C)C1CCC2[C@H]3CC4O[C@]45C[C@@H](O)CC[C@]5(C)[C@H]3CC[C@@]21C. The minimum absolute atomic E-state index is 0.0434. The molecule has 10 atom stereocenters. The van der Waals surface area contributed by atoms with Crippen molar-refractivity contribution in [2.45, 2.75) is 123 Å². The first-order chi connectivity index (χ1) is 13.7. The fourth-order valence-electron chi connectivity index (χ4n) is 9.68. The number of hydrogen-bond donors (Lipinski definition) is 1. The molecule has 5 rings (SSSR count). The molecule has 2 heteroatoms. The van der Waals surface area contributed by atoms with Gasteiger partial charge in [0.2, 0.25) is 0 Å². The fourth-order valence-corrected chi connectivity index (χ4v) is 9.68. The average Bonchev–Trinajstić information content (AvgIpc) is 3.22. The van der Waals surface area contributed by atoms with Gasteiger partial charge >= 0.3 is 0 Å². The lowest BCUT2D eigenvalue weighted by Crippen LogP contribution is -2.58. The van der Waals surface area contributed by atoms with Gasteiger partial charge in [0.05, 0.1) is 12.2 Å². The van der Waals surface area contributed by atoms with Crippen molar-refractivity contribution in [2.24, 2.45) is 46.3 Å². The molecule has 4 aliphatic carbocycles. The van der Waals surface area contributed by atoms with E-state index in [4.69, 9.17) is 4.74 Å². The summed E-state index contributed by atoms with van der Waals surface area (Å²) < 4.78 is 6.51. The van der Waals surface area contributed by atoms with Crippen LogP contribution in [0.3, 0.4) is 0 Å². The smallest absolute Gasteiger partial charge is 0.103 e. The van der Waals surface area contributed by atoms with E-state index >= 15 is 0 Å². The number of ether oxygens (including phenoxy) is 1. The average molecular weight is 403 g/mol. The van der Waals surface area contributed by atoms with Crippen molar-refractivity contribution in [3.05, 3.63) is 0 Å². The molecule has 0 bridgehead atoms. The van der Waals surface area contributed by atoms with Gasteiger partial charge in [-0.05, 0) is 85.9 Å². The van der Waals surface area contributed by atoms with Crippen LogP contribution in [-0.2, 0) is 4.74 Å². The van der Waals surface area contributed by atoms with E-state index in [9.17, 15) is 5.11 Å². The van der Waals surface area contributed by atoms with E-state index in [2.05, 4.69) is 34.6 Å². The van der Waals surface area contributed by atoms with Crippen LogP contribution >= 0.6 is 0 Å². The molecule has 3 unspecified atom stereocenters. The topological polar surface area (TPSA) is 32.8 Å². The molecular weight excluding hydrogens is 356 g/mol. The Hall–Kier alpha value is -0.0800. The maximum Gasteiger partial charge on any atom is 0.103 e. The molecule has 0 radical (unpaired) electrons. The predicted octanol–water partition coefficient (Wildman–Crippen LogP) is 6.60. The van der Waals surface area contributed by atoms with Crippen LogP contribution < -0.4 is 0 Å². The molecule has 1 aliphatic heterocycles. The van der Waals surface area contributed by atoms with Crippen molar-refractivity contribution in [1.29, 1.82) is 0 Å². The molecule has 166 valence electrons. The molecule has 0 aromatic heterocycles. The molecule has 1 N–H and O–H groups in total. The van der Waals surface area contributed by atoms with E-state index in [1.54, 1.807) is 0 Å². The number of epoxide rings is 1. The van der Waals surface area contributed by atoms with Crippen molar-refractivity contribution in [1.82, 2.24) is 0 Å². The molecule has 1 saturated heterocycles. The summed E-state index contributed by atoms with van der Waals surface area (Å²) in [6.45, 7) is 12.6. The summed E-state index contributed by atoms with van der Waals surface area (Å²) in [5.41, 5.74) is 0.932. The molecule has 29 heavy (non-hydrogen) atoms. The summed E-state index contributed by atoms with van der Waals surface area (Å²) in [4.78, 5) is 0. The largest absolute Gasteiger partial charge is 0.393 e. The van der Waals surface area contributed by atoms with Crippen molar-refractivity contribution in [3.63, 3.8) is 0 Å². The first-order valence-corrected chi connectivity index (χ1v) is 13.1. The molecule has 4 saturated carbocycles. The van der Waals surface area contributed by atoms with Crippen molar-refractivity contribution in [3.8, 4) is 0 Å². The number of aliphatic hydroxyl groups is 1. The van der Waals surface area contributed by atoms with E-state index in [1.165, 1.54) is 57.8 Å². The molecule has 0 amide bonds. The maximum atomic E-state index is 10.4.